The number of ether oxygens (including phenoxy) is 1. The Morgan fingerprint density at radius 1 is 1.00 bits per heavy atom. The van der Waals surface area contributed by atoms with E-state index in [0.717, 1.165) is 17.6 Å². The molecule has 0 N–H and O–H groups in total. The Hall–Kier alpha value is -3.18. The van der Waals surface area contributed by atoms with Gasteiger partial charge in [0.1, 0.15) is 5.82 Å². The summed E-state index contributed by atoms with van der Waals surface area (Å²) < 4.78 is 45.2. The minimum Gasteiger partial charge on any atom is -0.481 e. The van der Waals surface area contributed by atoms with Gasteiger partial charge in [0.2, 0.25) is 11.8 Å². The molecule has 5 heterocycles. The number of alkyl halides is 3. The van der Waals surface area contributed by atoms with Gasteiger partial charge in [0.25, 0.3) is 5.82 Å². The molecule has 0 aromatic carbocycles. The first-order chi connectivity index (χ1) is 13.9. The summed E-state index contributed by atoms with van der Waals surface area (Å²) in [5.41, 5.74) is 0.0711. The summed E-state index contributed by atoms with van der Waals surface area (Å²) in [6, 6.07) is 4.90. The van der Waals surface area contributed by atoms with E-state index in [4.69, 9.17) is 4.74 Å². The number of aromatic nitrogens is 6. The van der Waals surface area contributed by atoms with Gasteiger partial charge in [0.05, 0.1) is 7.11 Å². The molecular weight excluding hydrogens is 389 g/mol. The average molecular weight is 406 g/mol. The minimum absolute atomic E-state index is 0.0711. The fourth-order valence-corrected chi connectivity index (χ4v) is 4.07. The van der Waals surface area contributed by atoms with E-state index in [1.165, 1.54) is 6.07 Å². The largest absolute Gasteiger partial charge is 0.481 e. The van der Waals surface area contributed by atoms with Gasteiger partial charge in [-0.25, -0.2) is 4.98 Å². The molecular formula is C17H17F3N8O. The van der Waals surface area contributed by atoms with Crippen molar-refractivity contribution in [3.05, 3.63) is 30.2 Å². The number of halogens is 3. The van der Waals surface area contributed by atoms with Crippen molar-refractivity contribution in [1.29, 1.82) is 0 Å². The van der Waals surface area contributed by atoms with Crippen molar-refractivity contribution < 1.29 is 17.9 Å². The molecule has 0 saturated carbocycles. The zero-order chi connectivity index (χ0) is 20.2. The molecule has 0 bridgehead atoms. The smallest absolute Gasteiger partial charge is 0.453 e. The number of rotatable bonds is 3. The second-order valence-corrected chi connectivity index (χ2v) is 7.21. The van der Waals surface area contributed by atoms with Gasteiger partial charge in [-0.05, 0) is 12.1 Å². The van der Waals surface area contributed by atoms with Crippen molar-refractivity contribution in [1.82, 2.24) is 29.8 Å². The topological polar surface area (TPSA) is 84.6 Å². The van der Waals surface area contributed by atoms with Gasteiger partial charge in [-0.15, -0.1) is 15.3 Å². The number of fused-ring (bicyclic) bond motifs is 2. The normalized spacial score (nSPS) is 21.8. The van der Waals surface area contributed by atoms with Crippen molar-refractivity contribution in [3.8, 4) is 5.88 Å². The summed E-state index contributed by atoms with van der Waals surface area (Å²) >= 11 is 0. The van der Waals surface area contributed by atoms with Crippen molar-refractivity contribution >= 4 is 17.4 Å². The molecule has 152 valence electrons. The summed E-state index contributed by atoms with van der Waals surface area (Å²) in [7, 11) is 1.56. The molecule has 2 aliphatic heterocycles. The molecule has 12 heteroatoms. The highest BCUT2D eigenvalue weighted by atomic mass is 19.4. The van der Waals surface area contributed by atoms with Crippen LogP contribution in [0.3, 0.4) is 0 Å². The van der Waals surface area contributed by atoms with E-state index in [1.54, 1.807) is 25.4 Å². The molecule has 3 aromatic rings. The van der Waals surface area contributed by atoms with Crippen LogP contribution in [0.25, 0.3) is 5.65 Å². The lowest BCUT2D eigenvalue weighted by atomic mass is 10.0. The predicted octanol–water partition coefficient (Wildman–Crippen LogP) is 1.51. The van der Waals surface area contributed by atoms with Crippen LogP contribution in [0.15, 0.2) is 24.4 Å². The second-order valence-electron chi connectivity index (χ2n) is 7.21. The van der Waals surface area contributed by atoms with Crippen LogP contribution in [-0.2, 0) is 6.18 Å². The van der Waals surface area contributed by atoms with Crippen molar-refractivity contribution in [2.45, 2.75) is 6.18 Å². The monoisotopic (exact) mass is 406 g/mol. The van der Waals surface area contributed by atoms with Gasteiger partial charge < -0.3 is 14.5 Å². The summed E-state index contributed by atoms with van der Waals surface area (Å²) in [6.45, 7) is 2.95. The van der Waals surface area contributed by atoms with Crippen LogP contribution in [-0.4, -0.2) is 63.1 Å². The van der Waals surface area contributed by atoms with Crippen LogP contribution in [0.1, 0.15) is 5.82 Å². The van der Waals surface area contributed by atoms with E-state index in [2.05, 4.69) is 30.2 Å². The third-order valence-electron chi connectivity index (χ3n) is 5.42. The molecule has 2 unspecified atom stereocenters. The first kappa shape index (κ1) is 17.9. The molecule has 0 aliphatic carbocycles. The van der Waals surface area contributed by atoms with Crippen LogP contribution in [0.4, 0.5) is 24.9 Å². The van der Waals surface area contributed by atoms with E-state index in [-0.39, 0.29) is 5.65 Å². The van der Waals surface area contributed by atoms with Crippen molar-refractivity contribution in [2.75, 3.05) is 43.1 Å². The van der Waals surface area contributed by atoms with Gasteiger partial charge in [-0.2, -0.15) is 22.7 Å². The third kappa shape index (κ3) is 3.08. The summed E-state index contributed by atoms with van der Waals surface area (Å²) in [5.74, 6) is 1.22. The molecule has 0 spiro atoms. The second kappa shape index (κ2) is 6.42. The van der Waals surface area contributed by atoms with Crippen LogP contribution >= 0.6 is 0 Å². The Balaban J connectivity index is 1.34. The van der Waals surface area contributed by atoms with Gasteiger partial charge in [0, 0.05) is 50.3 Å². The quantitative estimate of drug-likeness (QED) is 0.647. The molecule has 2 atom stereocenters. The number of hydrogen-bond acceptors (Lipinski definition) is 8. The van der Waals surface area contributed by atoms with Gasteiger partial charge in [0.15, 0.2) is 5.65 Å². The van der Waals surface area contributed by atoms with E-state index in [1.807, 2.05) is 4.90 Å². The average Bonchev–Trinajstić information content (AvgIpc) is 3.39. The highest BCUT2D eigenvalue weighted by Crippen LogP contribution is 2.35. The molecule has 0 radical (unpaired) electrons. The number of hydrogen-bond donors (Lipinski definition) is 0. The SMILES string of the molecule is COc1ccnc(N2CC3CN(c4ccc5nnc(C(F)(F)F)n5n4)CC3C2)n1. The fourth-order valence-electron chi connectivity index (χ4n) is 4.07. The molecule has 5 rings (SSSR count). The maximum Gasteiger partial charge on any atom is 0.453 e. The first-order valence-electron chi connectivity index (χ1n) is 9.09. The Morgan fingerprint density at radius 2 is 1.72 bits per heavy atom. The number of nitrogens with zero attached hydrogens (tertiary/aromatic N) is 8. The van der Waals surface area contributed by atoms with Crippen LogP contribution in [0.2, 0.25) is 0 Å². The lowest BCUT2D eigenvalue weighted by Gasteiger charge is -2.22. The zero-order valence-corrected chi connectivity index (χ0v) is 15.4. The van der Waals surface area contributed by atoms with E-state index < -0.39 is 12.0 Å². The third-order valence-corrected chi connectivity index (χ3v) is 5.42. The minimum atomic E-state index is -4.61. The Bertz CT molecular complexity index is 1040. The van der Waals surface area contributed by atoms with E-state index in [0.29, 0.717) is 42.6 Å². The van der Waals surface area contributed by atoms with E-state index in [9.17, 15) is 13.2 Å². The summed E-state index contributed by atoms with van der Waals surface area (Å²) in [5, 5.41) is 10.9. The summed E-state index contributed by atoms with van der Waals surface area (Å²) in [4.78, 5) is 12.8. The number of anilines is 2. The first-order valence-corrected chi connectivity index (χ1v) is 9.09. The summed E-state index contributed by atoms with van der Waals surface area (Å²) in [6.07, 6.45) is -2.94. The molecule has 2 fully saturated rings. The number of methoxy groups -OCH3 is 1. The Morgan fingerprint density at radius 3 is 2.41 bits per heavy atom. The van der Waals surface area contributed by atoms with Crippen molar-refractivity contribution in [2.24, 2.45) is 11.8 Å². The molecule has 2 aliphatic rings. The highest BCUT2D eigenvalue weighted by Gasteiger charge is 2.42. The maximum absolute atomic E-state index is 13.1. The zero-order valence-electron chi connectivity index (χ0n) is 15.4. The molecule has 9 nitrogen and oxygen atoms in total. The fraction of sp³-hybridized carbons (Fsp3) is 0.471. The lowest BCUT2D eigenvalue weighted by molar-refractivity contribution is -0.146. The maximum atomic E-state index is 13.1. The molecule has 3 aromatic heterocycles. The standard InChI is InChI=1S/C17H17F3N8O/c1-29-14-4-5-21-16(22-14)27-8-10-6-26(7-11(10)9-27)13-3-2-12-23-24-15(17(18,19)20)28(12)25-13/h2-5,10-11H,6-9H2,1H3. The van der Waals surface area contributed by atoms with Crippen molar-refractivity contribution in [3.63, 3.8) is 0 Å². The predicted molar refractivity (Wildman–Crippen MR) is 95.8 cm³/mol. The lowest BCUT2D eigenvalue weighted by Crippen LogP contribution is -2.30. The molecule has 29 heavy (non-hydrogen) atoms. The van der Waals surface area contributed by atoms with Gasteiger partial charge in [-0.1, -0.05) is 0 Å². The van der Waals surface area contributed by atoms with Crippen LogP contribution < -0.4 is 14.5 Å². The van der Waals surface area contributed by atoms with Gasteiger partial charge in [-0.3, -0.25) is 0 Å². The Labute approximate surface area is 163 Å². The molecule has 0 amide bonds. The van der Waals surface area contributed by atoms with Crippen LogP contribution in [0, 0.1) is 11.8 Å². The van der Waals surface area contributed by atoms with E-state index >= 15 is 0 Å². The Kier molecular flexibility index (Phi) is 3.96. The van der Waals surface area contributed by atoms with Gasteiger partial charge >= 0.3 is 6.18 Å². The van der Waals surface area contributed by atoms with Crippen LogP contribution in [0.5, 0.6) is 5.88 Å². The highest BCUT2D eigenvalue weighted by molar-refractivity contribution is 5.48. The molecule has 2 saturated heterocycles.